The van der Waals surface area contributed by atoms with Crippen molar-refractivity contribution in [1.29, 1.82) is 0 Å². The van der Waals surface area contributed by atoms with Crippen molar-refractivity contribution in [1.82, 2.24) is 0 Å². The minimum absolute atomic E-state index is 0.0107. The summed E-state index contributed by atoms with van der Waals surface area (Å²) in [6.07, 6.45) is 0. The van der Waals surface area contributed by atoms with Crippen molar-refractivity contribution in [2.45, 2.75) is 20.8 Å². The maximum Gasteiger partial charge on any atom is 0.262 e. The van der Waals surface area contributed by atoms with E-state index < -0.39 is 0 Å². The minimum atomic E-state index is -0.159. The maximum atomic E-state index is 11.8. The summed E-state index contributed by atoms with van der Waals surface area (Å²) in [7, 11) is 0. The van der Waals surface area contributed by atoms with E-state index >= 15 is 0 Å². The molecule has 0 aliphatic heterocycles. The average Bonchev–Trinajstić information content (AvgIpc) is 2.38. The number of aryl methyl sites for hydroxylation is 3. The van der Waals surface area contributed by atoms with Crippen LogP contribution in [0.5, 0.6) is 5.75 Å². The molecule has 0 aromatic heterocycles. The number of rotatable bonds is 4. The van der Waals surface area contributed by atoms with Gasteiger partial charge in [-0.05, 0) is 56.2 Å². The highest BCUT2D eigenvalue weighted by atomic mass is 16.5. The fourth-order valence-electron chi connectivity index (χ4n) is 2.00. The van der Waals surface area contributed by atoms with Gasteiger partial charge in [0, 0.05) is 5.69 Å². The molecule has 104 valence electrons. The second-order valence-electron chi connectivity index (χ2n) is 5.03. The first-order valence-electron chi connectivity index (χ1n) is 6.60. The molecule has 0 unspecified atom stereocenters. The Bertz CT molecular complexity index is 583. The van der Waals surface area contributed by atoms with Crippen LogP contribution in [0.3, 0.4) is 0 Å². The fraction of sp³-hybridized carbons (Fsp3) is 0.235. The maximum absolute atomic E-state index is 11.8. The van der Waals surface area contributed by atoms with Gasteiger partial charge in [-0.25, -0.2) is 0 Å². The summed E-state index contributed by atoms with van der Waals surface area (Å²) in [5.41, 5.74) is 4.19. The van der Waals surface area contributed by atoms with E-state index in [0.29, 0.717) is 0 Å². The van der Waals surface area contributed by atoms with Crippen molar-refractivity contribution in [3.8, 4) is 5.75 Å². The normalized spacial score (nSPS) is 10.2. The van der Waals surface area contributed by atoms with Crippen molar-refractivity contribution in [3.63, 3.8) is 0 Å². The Morgan fingerprint density at radius 1 is 0.950 bits per heavy atom. The first-order chi connectivity index (χ1) is 9.52. The molecule has 0 radical (unpaired) electrons. The predicted molar refractivity (Wildman–Crippen MR) is 81.2 cm³/mol. The lowest BCUT2D eigenvalue weighted by Crippen LogP contribution is -2.20. The van der Waals surface area contributed by atoms with Crippen LogP contribution in [0.15, 0.2) is 42.5 Å². The molecule has 0 bridgehead atoms. The highest BCUT2D eigenvalue weighted by molar-refractivity contribution is 5.91. The largest absolute Gasteiger partial charge is 0.484 e. The van der Waals surface area contributed by atoms with Gasteiger partial charge < -0.3 is 10.1 Å². The molecule has 1 amide bonds. The Hall–Kier alpha value is -2.29. The van der Waals surface area contributed by atoms with Gasteiger partial charge in [0.1, 0.15) is 5.75 Å². The summed E-state index contributed by atoms with van der Waals surface area (Å²) >= 11 is 0. The third-order valence-corrected chi connectivity index (χ3v) is 2.90. The SMILES string of the molecule is Cc1ccc(NC(=O)COc2cc(C)cc(C)c2)cc1. The Kier molecular flexibility index (Phi) is 4.41. The number of nitrogens with one attached hydrogen (secondary N) is 1. The van der Waals surface area contributed by atoms with E-state index in [0.717, 1.165) is 28.1 Å². The number of benzene rings is 2. The van der Waals surface area contributed by atoms with Gasteiger partial charge in [-0.15, -0.1) is 0 Å². The third kappa shape index (κ3) is 4.12. The molecular formula is C17H19NO2. The molecule has 3 nitrogen and oxygen atoms in total. The van der Waals surface area contributed by atoms with Gasteiger partial charge in [-0.1, -0.05) is 23.8 Å². The number of hydrogen-bond acceptors (Lipinski definition) is 2. The first kappa shape index (κ1) is 14.1. The van der Waals surface area contributed by atoms with Crippen LogP contribution in [0, 0.1) is 20.8 Å². The Morgan fingerprint density at radius 2 is 1.55 bits per heavy atom. The van der Waals surface area contributed by atoms with E-state index in [1.165, 1.54) is 0 Å². The lowest BCUT2D eigenvalue weighted by atomic mass is 10.1. The van der Waals surface area contributed by atoms with Gasteiger partial charge >= 0.3 is 0 Å². The monoisotopic (exact) mass is 269 g/mol. The third-order valence-electron chi connectivity index (χ3n) is 2.90. The summed E-state index contributed by atoms with van der Waals surface area (Å²) < 4.78 is 5.51. The molecule has 2 aromatic rings. The highest BCUT2D eigenvalue weighted by Crippen LogP contribution is 2.16. The molecule has 2 aromatic carbocycles. The van der Waals surface area contributed by atoms with Gasteiger partial charge in [0.2, 0.25) is 0 Å². The second kappa shape index (κ2) is 6.24. The standard InChI is InChI=1S/C17H19NO2/c1-12-4-6-15(7-5-12)18-17(19)11-20-16-9-13(2)8-14(3)10-16/h4-10H,11H2,1-3H3,(H,18,19). The van der Waals surface area contributed by atoms with E-state index in [-0.39, 0.29) is 12.5 Å². The van der Waals surface area contributed by atoms with E-state index in [1.807, 2.05) is 57.2 Å². The van der Waals surface area contributed by atoms with Crippen LogP contribution >= 0.6 is 0 Å². The van der Waals surface area contributed by atoms with E-state index in [1.54, 1.807) is 0 Å². The number of anilines is 1. The van der Waals surface area contributed by atoms with Crippen LogP contribution in [-0.4, -0.2) is 12.5 Å². The minimum Gasteiger partial charge on any atom is -0.484 e. The topological polar surface area (TPSA) is 38.3 Å². The lowest BCUT2D eigenvalue weighted by molar-refractivity contribution is -0.118. The molecule has 20 heavy (non-hydrogen) atoms. The Labute approximate surface area is 119 Å². The van der Waals surface area contributed by atoms with E-state index in [4.69, 9.17) is 4.74 Å². The molecule has 0 atom stereocenters. The van der Waals surface area contributed by atoms with Crippen LogP contribution in [0.25, 0.3) is 0 Å². The van der Waals surface area contributed by atoms with Gasteiger partial charge in [0.25, 0.3) is 5.91 Å². The quantitative estimate of drug-likeness (QED) is 0.920. The molecule has 2 rings (SSSR count). The Balaban J connectivity index is 1.90. The van der Waals surface area contributed by atoms with Crippen LogP contribution in [-0.2, 0) is 4.79 Å². The van der Waals surface area contributed by atoms with Crippen LogP contribution in [0.4, 0.5) is 5.69 Å². The lowest BCUT2D eigenvalue weighted by Gasteiger charge is -2.09. The fourth-order valence-corrected chi connectivity index (χ4v) is 2.00. The van der Waals surface area contributed by atoms with Gasteiger partial charge in [-0.2, -0.15) is 0 Å². The molecule has 0 spiro atoms. The second-order valence-corrected chi connectivity index (χ2v) is 5.03. The number of amides is 1. The molecule has 0 aliphatic carbocycles. The molecule has 0 saturated carbocycles. The summed E-state index contributed by atoms with van der Waals surface area (Å²) in [4.78, 5) is 11.8. The zero-order valence-corrected chi connectivity index (χ0v) is 12.1. The van der Waals surface area contributed by atoms with E-state index in [2.05, 4.69) is 11.4 Å². The zero-order chi connectivity index (χ0) is 14.5. The van der Waals surface area contributed by atoms with E-state index in [9.17, 15) is 4.79 Å². The Morgan fingerprint density at radius 3 is 2.15 bits per heavy atom. The highest BCUT2D eigenvalue weighted by Gasteiger charge is 2.04. The molecule has 0 aliphatic rings. The molecule has 0 saturated heterocycles. The van der Waals surface area contributed by atoms with Crippen LogP contribution in [0.1, 0.15) is 16.7 Å². The molecular weight excluding hydrogens is 250 g/mol. The van der Waals surface area contributed by atoms with Gasteiger partial charge in [0.15, 0.2) is 6.61 Å². The smallest absolute Gasteiger partial charge is 0.262 e. The van der Waals surface area contributed by atoms with Crippen LogP contribution in [0.2, 0.25) is 0 Å². The molecule has 0 heterocycles. The molecule has 1 N–H and O–H groups in total. The number of ether oxygens (including phenoxy) is 1. The number of hydrogen-bond donors (Lipinski definition) is 1. The number of carbonyl (C=O) groups is 1. The molecule has 3 heteroatoms. The zero-order valence-electron chi connectivity index (χ0n) is 12.1. The van der Waals surface area contributed by atoms with Gasteiger partial charge in [-0.3, -0.25) is 4.79 Å². The van der Waals surface area contributed by atoms with Crippen molar-refractivity contribution in [3.05, 3.63) is 59.2 Å². The summed E-state index contributed by atoms with van der Waals surface area (Å²) in [6.45, 7) is 6.03. The summed E-state index contributed by atoms with van der Waals surface area (Å²) in [6, 6.07) is 13.6. The predicted octanol–water partition coefficient (Wildman–Crippen LogP) is 3.63. The van der Waals surface area contributed by atoms with Crippen molar-refractivity contribution >= 4 is 11.6 Å². The van der Waals surface area contributed by atoms with Crippen LogP contribution < -0.4 is 10.1 Å². The van der Waals surface area contributed by atoms with Crippen molar-refractivity contribution < 1.29 is 9.53 Å². The van der Waals surface area contributed by atoms with Crippen molar-refractivity contribution in [2.24, 2.45) is 0 Å². The number of carbonyl (C=O) groups excluding carboxylic acids is 1. The van der Waals surface area contributed by atoms with Gasteiger partial charge in [0.05, 0.1) is 0 Å². The first-order valence-corrected chi connectivity index (χ1v) is 6.60. The summed E-state index contributed by atoms with van der Waals surface area (Å²) in [5, 5.41) is 2.80. The average molecular weight is 269 g/mol. The van der Waals surface area contributed by atoms with Crippen molar-refractivity contribution in [2.75, 3.05) is 11.9 Å². The molecule has 0 fully saturated rings. The summed E-state index contributed by atoms with van der Waals surface area (Å²) in [5.74, 6) is 0.564.